The molecule has 2 aromatic carbocycles. The zero-order chi connectivity index (χ0) is 13.7. The molecule has 5 heteroatoms. The maximum Gasteiger partial charge on any atom is 0.128 e. The van der Waals surface area contributed by atoms with Crippen LogP contribution in [0.4, 0.5) is 10.1 Å². The molecule has 0 radical (unpaired) electrons. The Hall–Kier alpha value is -1.26. The van der Waals surface area contributed by atoms with Crippen LogP contribution in [0.5, 0.6) is 5.75 Å². The molecular weight excluding hydrogens is 333 g/mol. The summed E-state index contributed by atoms with van der Waals surface area (Å²) < 4.78 is 19.2. The van der Waals surface area contributed by atoms with Gasteiger partial charge in [-0.25, -0.2) is 4.39 Å². The van der Waals surface area contributed by atoms with E-state index in [1.54, 1.807) is 6.07 Å². The van der Waals surface area contributed by atoms with Gasteiger partial charge in [-0.05, 0) is 24.3 Å². The highest BCUT2D eigenvalue weighted by Crippen LogP contribution is 2.21. The summed E-state index contributed by atoms with van der Waals surface area (Å²) in [5.74, 6) is 0.163. The highest BCUT2D eigenvalue weighted by atomic mass is 79.9. The van der Waals surface area contributed by atoms with Gasteiger partial charge in [-0.3, -0.25) is 0 Å². The second-order valence-electron chi connectivity index (χ2n) is 3.86. The molecule has 0 aliphatic heterocycles. The van der Waals surface area contributed by atoms with Gasteiger partial charge in [0.2, 0.25) is 0 Å². The number of para-hydroxylation sites is 1. The molecule has 0 saturated heterocycles. The Bertz CT molecular complexity index is 545. The Balaban J connectivity index is 1.82. The Morgan fingerprint density at radius 3 is 2.74 bits per heavy atom. The lowest BCUT2D eigenvalue weighted by Gasteiger charge is -2.10. The molecule has 0 amide bonds. The molecule has 2 nitrogen and oxygen atoms in total. The number of halogens is 3. The number of nitrogens with one attached hydrogen (secondary N) is 1. The van der Waals surface area contributed by atoms with E-state index in [1.165, 1.54) is 12.1 Å². The molecule has 0 spiro atoms. The summed E-state index contributed by atoms with van der Waals surface area (Å²) in [7, 11) is 0. The summed E-state index contributed by atoms with van der Waals surface area (Å²) >= 11 is 9.22. The Morgan fingerprint density at radius 2 is 2.00 bits per heavy atom. The van der Waals surface area contributed by atoms with Gasteiger partial charge in [-0.2, -0.15) is 0 Å². The molecule has 2 aromatic rings. The first-order chi connectivity index (χ1) is 9.15. The first-order valence-corrected chi connectivity index (χ1v) is 6.89. The van der Waals surface area contributed by atoms with Crippen molar-refractivity contribution in [3.63, 3.8) is 0 Å². The third-order valence-corrected chi connectivity index (χ3v) is 3.18. The van der Waals surface area contributed by atoms with Gasteiger partial charge in [-0.1, -0.05) is 39.7 Å². The Kier molecular flexibility index (Phi) is 5.05. The van der Waals surface area contributed by atoms with E-state index in [0.717, 1.165) is 5.69 Å². The summed E-state index contributed by atoms with van der Waals surface area (Å²) in [5.41, 5.74) is 0.855. The number of rotatable bonds is 5. The molecule has 0 heterocycles. The third kappa shape index (κ3) is 4.40. The van der Waals surface area contributed by atoms with Crippen LogP contribution in [0.3, 0.4) is 0 Å². The van der Waals surface area contributed by atoms with Gasteiger partial charge in [0.15, 0.2) is 0 Å². The van der Waals surface area contributed by atoms with Gasteiger partial charge in [0.25, 0.3) is 0 Å². The van der Waals surface area contributed by atoms with Crippen molar-refractivity contribution in [3.8, 4) is 5.75 Å². The van der Waals surface area contributed by atoms with Crippen LogP contribution in [0.25, 0.3) is 0 Å². The molecule has 0 aliphatic carbocycles. The zero-order valence-electron chi connectivity index (χ0n) is 10.00. The van der Waals surface area contributed by atoms with E-state index in [1.807, 2.05) is 24.3 Å². The van der Waals surface area contributed by atoms with E-state index in [9.17, 15) is 4.39 Å². The second-order valence-corrected chi connectivity index (χ2v) is 5.18. The van der Waals surface area contributed by atoms with Gasteiger partial charge in [0, 0.05) is 17.1 Å². The number of ether oxygens (including phenoxy) is 1. The fourth-order valence-electron chi connectivity index (χ4n) is 1.57. The fraction of sp³-hybridized carbons (Fsp3) is 0.143. The van der Waals surface area contributed by atoms with E-state index < -0.39 is 0 Å². The van der Waals surface area contributed by atoms with Crippen molar-refractivity contribution >= 4 is 33.2 Å². The average Bonchev–Trinajstić information content (AvgIpc) is 2.35. The molecule has 2 rings (SSSR count). The van der Waals surface area contributed by atoms with Crippen molar-refractivity contribution < 1.29 is 9.13 Å². The van der Waals surface area contributed by atoms with E-state index in [0.29, 0.717) is 28.4 Å². The van der Waals surface area contributed by atoms with Crippen molar-refractivity contribution in [2.45, 2.75) is 0 Å². The van der Waals surface area contributed by atoms with E-state index in [4.69, 9.17) is 16.3 Å². The second kappa shape index (κ2) is 6.78. The van der Waals surface area contributed by atoms with Gasteiger partial charge < -0.3 is 10.1 Å². The molecule has 0 saturated carbocycles. The summed E-state index contributed by atoms with van der Waals surface area (Å²) in [6.45, 7) is 0.999. The van der Waals surface area contributed by atoms with Crippen LogP contribution < -0.4 is 10.1 Å². The van der Waals surface area contributed by atoms with Crippen molar-refractivity contribution in [1.29, 1.82) is 0 Å². The predicted molar refractivity (Wildman–Crippen MR) is 79.5 cm³/mol. The van der Waals surface area contributed by atoms with Crippen molar-refractivity contribution in [2.75, 3.05) is 18.5 Å². The summed E-state index contributed by atoms with van der Waals surface area (Å²) in [4.78, 5) is 0. The smallest absolute Gasteiger partial charge is 0.128 e. The van der Waals surface area contributed by atoms with Crippen molar-refractivity contribution in [1.82, 2.24) is 0 Å². The molecule has 100 valence electrons. The van der Waals surface area contributed by atoms with Crippen LogP contribution in [0, 0.1) is 5.82 Å². The average molecular weight is 345 g/mol. The van der Waals surface area contributed by atoms with Gasteiger partial charge in [0.05, 0.1) is 10.7 Å². The normalized spacial score (nSPS) is 10.3. The van der Waals surface area contributed by atoms with Crippen molar-refractivity contribution in [2.24, 2.45) is 0 Å². The highest BCUT2D eigenvalue weighted by molar-refractivity contribution is 9.10. The number of anilines is 1. The lowest BCUT2D eigenvalue weighted by Crippen LogP contribution is -2.11. The molecule has 0 bridgehead atoms. The monoisotopic (exact) mass is 343 g/mol. The van der Waals surface area contributed by atoms with E-state index in [2.05, 4.69) is 21.2 Å². The number of hydrogen-bond acceptors (Lipinski definition) is 2. The van der Waals surface area contributed by atoms with E-state index in [-0.39, 0.29) is 5.82 Å². The maximum atomic E-state index is 13.1. The molecule has 0 aliphatic rings. The highest BCUT2D eigenvalue weighted by Gasteiger charge is 2.01. The number of hydrogen-bond donors (Lipinski definition) is 1. The van der Waals surface area contributed by atoms with Gasteiger partial charge in [-0.15, -0.1) is 0 Å². The summed E-state index contributed by atoms with van der Waals surface area (Å²) in [5, 5.41) is 3.81. The lowest BCUT2D eigenvalue weighted by molar-refractivity contribution is 0.331. The Morgan fingerprint density at radius 1 is 1.21 bits per heavy atom. The first kappa shape index (κ1) is 14.2. The molecule has 0 fully saturated rings. The van der Waals surface area contributed by atoms with Crippen molar-refractivity contribution in [3.05, 3.63) is 57.8 Å². The van der Waals surface area contributed by atoms with E-state index >= 15 is 0 Å². The standard InChI is InChI=1S/C14H12BrClFNO/c15-10-7-11(17)9-12(8-10)19-6-5-18-14-4-2-1-3-13(14)16/h1-4,7-9,18H,5-6H2. The third-order valence-electron chi connectivity index (χ3n) is 2.40. The predicted octanol–water partition coefficient (Wildman–Crippen LogP) is 4.73. The quantitative estimate of drug-likeness (QED) is 0.792. The lowest BCUT2D eigenvalue weighted by atomic mass is 10.3. The fourth-order valence-corrected chi connectivity index (χ4v) is 2.22. The summed E-state index contributed by atoms with van der Waals surface area (Å²) in [6, 6.07) is 11.9. The minimum absolute atomic E-state index is 0.330. The minimum atomic E-state index is -0.330. The molecule has 0 unspecified atom stereocenters. The van der Waals surface area contributed by atoms with Crippen LogP contribution in [0.1, 0.15) is 0 Å². The SMILES string of the molecule is Fc1cc(Br)cc(OCCNc2ccccc2Cl)c1. The summed E-state index contributed by atoms with van der Waals surface area (Å²) in [6.07, 6.45) is 0. The van der Waals surface area contributed by atoms with Crippen LogP contribution in [-0.4, -0.2) is 13.2 Å². The van der Waals surface area contributed by atoms with Gasteiger partial charge >= 0.3 is 0 Å². The van der Waals surface area contributed by atoms with Crippen LogP contribution >= 0.6 is 27.5 Å². The minimum Gasteiger partial charge on any atom is -0.492 e. The molecule has 0 aromatic heterocycles. The first-order valence-electron chi connectivity index (χ1n) is 5.72. The number of benzene rings is 2. The zero-order valence-corrected chi connectivity index (χ0v) is 12.3. The van der Waals surface area contributed by atoms with Crippen LogP contribution in [0.2, 0.25) is 5.02 Å². The van der Waals surface area contributed by atoms with Crippen LogP contribution in [0.15, 0.2) is 46.9 Å². The molecule has 1 N–H and O–H groups in total. The van der Waals surface area contributed by atoms with Gasteiger partial charge in [0.1, 0.15) is 18.2 Å². The van der Waals surface area contributed by atoms with Crippen LogP contribution in [-0.2, 0) is 0 Å². The Labute approximate surface area is 124 Å². The molecular formula is C14H12BrClFNO. The largest absolute Gasteiger partial charge is 0.492 e. The maximum absolute atomic E-state index is 13.1. The topological polar surface area (TPSA) is 21.3 Å². The molecule has 19 heavy (non-hydrogen) atoms. The molecule has 0 atom stereocenters.